The lowest BCUT2D eigenvalue weighted by Crippen LogP contribution is -2.07. The summed E-state index contributed by atoms with van der Waals surface area (Å²) in [5, 5.41) is 15.6. The van der Waals surface area contributed by atoms with Crippen molar-refractivity contribution >= 4 is 27.2 Å². The van der Waals surface area contributed by atoms with Crippen molar-refractivity contribution in [1.29, 1.82) is 0 Å². The van der Waals surface area contributed by atoms with Gasteiger partial charge in [0.25, 0.3) is 0 Å². The number of nitrogens with one attached hydrogen (secondary N) is 1. The molecule has 0 radical (unpaired) electrons. The number of aromatic nitrogens is 1. The van der Waals surface area contributed by atoms with E-state index in [9.17, 15) is 0 Å². The molecular weight excluding hydrogens is 232 g/mol. The summed E-state index contributed by atoms with van der Waals surface area (Å²) in [7, 11) is 0. The number of aliphatic hydroxyl groups is 1. The van der Waals surface area contributed by atoms with E-state index in [-0.39, 0.29) is 6.61 Å². The summed E-state index contributed by atoms with van der Waals surface area (Å²) < 4.78 is 1.27. The van der Waals surface area contributed by atoms with Crippen LogP contribution in [0.25, 0.3) is 10.1 Å². The maximum Gasteiger partial charge on any atom is 0.134 e. The molecule has 2 aromatic rings. The molecule has 1 unspecified atom stereocenters. The van der Waals surface area contributed by atoms with E-state index in [1.54, 1.807) is 11.3 Å². The first kappa shape index (κ1) is 12.3. The molecule has 2 N–H and O–H groups in total. The van der Waals surface area contributed by atoms with Crippen LogP contribution in [0.5, 0.6) is 0 Å². The maximum absolute atomic E-state index is 8.93. The molecule has 0 saturated carbocycles. The van der Waals surface area contributed by atoms with Gasteiger partial charge in [-0.2, -0.15) is 0 Å². The second-order valence-corrected chi connectivity index (χ2v) is 5.30. The van der Waals surface area contributed by atoms with Crippen LogP contribution in [0.15, 0.2) is 23.7 Å². The molecular formula is C13H18N2OS. The van der Waals surface area contributed by atoms with Crippen LogP contribution < -0.4 is 5.32 Å². The molecule has 0 aliphatic heterocycles. The zero-order valence-electron chi connectivity index (χ0n) is 10.0. The van der Waals surface area contributed by atoms with Gasteiger partial charge < -0.3 is 10.4 Å². The average Bonchev–Trinajstić information content (AvgIpc) is 2.83. The van der Waals surface area contributed by atoms with Gasteiger partial charge in [-0.05, 0) is 36.3 Å². The van der Waals surface area contributed by atoms with Crippen molar-refractivity contribution in [3.05, 3.63) is 23.7 Å². The Morgan fingerprint density at radius 2 is 2.35 bits per heavy atom. The summed E-state index contributed by atoms with van der Waals surface area (Å²) in [6.45, 7) is 3.25. The summed E-state index contributed by atoms with van der Waals surface area (Å²) in [5.74, 6) is 1.36. The van der Waals surface area contributed by atoms with Gasteiger partial charge in [0.2, 0.25) is 0 Å². The van der Waals surface area contributed by atoms with Crippen molar-refractivity contribution in [3.8, 4) is 0 Å². The van der Waals surface area contributed by atoms with Gasteiger partial charge in [0.15, 0.2) is 0 Å². The number of nitrogens with zero attached hydrogens (tertiary/aromatic N) is 1. The second-order valence-electron chi connectivity index (χ2n) is 4.35. The minimum Gasteiger partial charge on any atom is -0.396 e. The minimum absolute atomic E-state index is 0.276. The van der Waals surface area contributed by atoms with Gasteiger partial charge in [0.1, 0.15) is 5.82 Å². The Bertz CT molecular complexity index is 469. The van der Waals surface area contributed by atoms with Gasteiger partial charge in [0.05, 0.1) is 0 Å². The monoisotopic (exact) mass is 250 g/mol. The lowest BCUT2D eigenvalue weighted by Gasteiger charge is -2.09. The highest BCUT2D eigenvalue weighted by molar-refractivity contribution is 7.17. The van der Waals surface area contributed by atoms with Crippen molar-refractivity contribution in [3.63, 3.8) is 0 Å². The van der Waals surface area contributed by atoms with E-state index in [2.05, 4.69) is 28.7 Å². The molecule has 0 aliphatic carbocycles. The van der Waals surface area contributed by atoms with Gasteiger partial charge >= 0.3 is 0 Å². The highest BCUT2D eigenvalue weighted by Crippen LogP contribution is 2.25. The fraction of sp³-hybridized carbons (Fsp3) is 0.462. The Labute approximate surface area is 106 Å². The van der Waals surface area contributed by atoms with Crippen LogP contribution in [0, 0.1) is 5.92 Å². The molecule has 17 heavy (non-hydrogen) atoms. The molecule has 0 aliphatic rings. The molecule has 0 bridgehead atoms. The molecule has 0 fully saturated rings. The number of fused-ring (bicyclic) bond motifs is 1. The van der Waals surface area contributed by atoms with E-state index in [1.807, 2.05) is 12.3 Å². The fourth-order valence-corrected chi connectivity index (χ4v) is 2.57. The molecule has 0 amide bonds. The Morgan fingerprint density at radius 3 is 3.18 bits per heavy atom. The van der Waals surface area contributed by atoms with Crippen LogP contribution in [0.3, 0.4) is 0 Å². The summed E-state index contributed by atoms with van der Waals surface area (Å²) >= 11 is 1.74. The highest BCUT2D eigenvalue weighted by atomic mass is 32.1. The van der Waals surface area contributed by atoms with Gasteiger partial charge in [-0.15, -0.1) is 11.3 Å². The van der Waals surface area contributed by atoms with Crippen molar-refractivity contribution in [2.75, 3.05) is 18.5 Å². The van der Waals surface area contributed by atoms with Gasteiger partial charge in [-0.25, -0.2) is 4.98 Å². The van der Waals surface area contributed by atoms with Crippen LogP contribution in [0.1, 0.15) is 19.8 Å². The molecule has 2 heterocycles. The predicted molar refractivity (Wildman–Crippen MR) is 73.6 cm³/mol. The number of aliphatic hydroxyl groups excluding tert-OH is 1. The Balaban J connectivity index is 1.88. The SMILES string of the molecule is CC(CO)CCCNc1nccc2sccc12. The number of hydrogen-bond donors (Lipinski definition) is 2. The van der Waals surface area contributed by atoms with Crippen LogP contribution in [-0.4, -0.2) is 23.2 Å². The van der Waals surface area contributed by atoms with Crippen molar-refractivity contribution < 1.29 is 5.11 Å². The van der Waals surface area contributed by atoms with Crippen LogP contribution in [0.2, 0.25) is 0 Å². The first-order valence-corrected chi connectivity index (χ1v) is 6.86. The first-order valence-electron chi connectivity index (χ1n) is 5.98. The van der Waals surface area contributed by atoms with E-state index < -0.39 is 0 Å². The predicted octanol–water partition coefficient (Wildman–Crippen LogP) is 3.12. The van der Waals surface area contributed by atoms with Crippen LogP contribution >= 0.6 is 11.3 Å². The van der Waals surface area contributed by atoms with Gasteiger partial charge in [-0.3, -0.25) is 0 Å². The van der Waals surface area contributed by atoms with Gasteiger partial charge in [-0.1, -0.05) is 6.92 Å². The molecule has 2 rings (SSSR count). The van der Waals surface area contributed by atoms with E-state index in [0.29, 0.717) is 5.92 Å². The first-order chi connectivity index (χ1) is 8.31. The Kier molecular flexibility index (Phi) is 4.34. The third-order valence-corrected chi connectivity index (χ3v) is 3.74. The second kappa shape index (κ2) is 5.98. The molecule has 0 saturated heterocycles. The largest absolute Gasteiger partial charge is 0.396 e. The summed E-state index contributed by atoms with van der Waals surface area (Å²) in [4.78, 5) is 4.36. The third-order valence-electron chi connectivity index (χ3n) is 2.86. The Hall–Kier alpha value is -1.13. The molecule has 3 nitrogen and oxygen atoms in total. The molecule has 0 aromatic carbocycles. The molecule has 4 heteroatoms. The number of pyridine rings is 1. The number of rotatable bonds is 6. The smallest absolute Gasteiger partial charge is 0.134 e. The highest BCUT2D eigenvalue weighted by Gasteiger charge is 2.03. The zero-order valence-corrected chi connectivity index (χ0v) is 10.8. The number of anilines is 1. The van der Waals surface area contributed by atoms with E-state index >= 15 is 0 Å². The minimum atomic E-state index is 0.276. The zero-order chi connectivity index (χ0) is 12.1. The van der Waals surface area contributed by atoms with Crippen molar-refractivity contribution in [2.45, 2.75) is 19.8 Å². The van der Waals surface area contributed by atoms with E-state index in [1.165, 1.54) is 10.1 Å². The third kappa shape index (κ3) is 3.17. The molecule has 92 valence electrons. The molecule has 0 spiro atoms. The van der Waals surface area contributed by atoms with Crippen LogP contribution in [-0.2, 0) is 0 Å². The summed E-state index contributed by atoms with van der Waals surface area (Å²) in [6, 6.07) is 4.14. The molecule has 2 aromatic heterocycles. The number of thiophene rings is 1. The summed E-state index contributed by atoms with van der Waals surface area (Å²) in [6.07, 6.45) is 3.95. The van der Waals surface area contributed by atoms with Crippen molar-refractivity contribution in [2.24, 2.45) is 5.92 Å². The van der Waals surface area contributed by atoms with E-state index in [4.69, 9.17) is 5.11 Å². The fourth-order valence-electron chi connectivity index (χ4n) is 1.78. The summed E-state index contributed by atoms with van der Waals surface area (Å²) in [5.41, 5.74) is 0. The lowest BCUT2D eigenvalue weighted by atomic mass is 10.1. The number of hydrogen-bond acceptors (Lipinski definition) is 4. The van der Waals surface area contributed by atoms with Crippen LogP contribution in [0.4, 0.5) is 5.82 Å². The average molecular weight is 250 g/mol. The van der Waals surface area contributed by atoms with Gasteiger partial charge in [0, 0.05) is 29.4 Å². The normalized spacial score (nSPS) is 12.8. The lowest BCUT2D eigenvalue weighted by molar-refractivity contribution is 0.229. The Morgan fingerprint density at radius 1 is 1.47 bits per heavy atom. The maximum atomic E-state index is 8.93. The van der Waals surface area contributed by atoms with Crippen molar-refractivity contribution in [1.82, 2.24) is 4.98 Å². The quantitative estimate of drug-likeness (QED) is 0.774. The van der Waals surface area contributed by atoms with E-state index in [0.717, 1.165) is 25.2 Å². The molecule has 1 atom stereocenters. The topological polar surface area (TPSA) is 45.1 Å². The standard InChI is InChI=1S/C13H18N2OS/c1-10(9-16)3-2-6-14-13-11-5-8-17-12(11)4-7-15-13/h4-5,7-8,10,16H,2-3,6,9H2,1H3,(H,14,15).